The van der Waals surface area contributed by atoms with Crippen LogP contribution >= 0.6 is 23.2 Å². The van der Waals surface area contributed by atoms with Gasteiger partial charge in [-0.3, -0.25) is 0 Å². The van der Waals surface area contributed by atoms with Crippen molar-refractivity contribution in [2.75, 3.05) is 7.05 Å². The molecule has 1 aliphatic rings. The fourth-order valence-corrected chi connectivity index (χ4v) is 1.61. The largest absolute Gasteiger partial charge is 0.386 e. The third-order valence-corrected chi connectivity index (χ3v) is 2.17. The van der Waals surface area contributed by atoms with Crippen LogP contribution in [-0.2, 0) is 0 Å². The molecule has 1 rings (SSSR count). The molecule has 0 fully saturated rings. The third-order valence-electron chi connectivity index (χ3n) is 1.45. The first-order chi connectivity index (χ1) is 4.75. The third kappa shape index (κ3) is 1.47. The molecule has 1 N–H and O–H groups in total. The zero-order valence-electron chi connectivity index (χ0n) is 5.75. The van der Waals surface area contributed by atoms with E-state index in [1.54, 1.807) is 0 Å². The molecule has 0 unspecified atom stereocenters. The maximum Gasteiger partial charge on any atom is 0.0671 e. The van der Waals surface area contributed by atoms with Crippen molar-refractivity contribution in [3.05, 3.63) is 21.8 Å². The van der Waals surface area contributed by atoms with E-state index in [9.17, 15) is 0 Å². The predicted molar refractivity (Wildman–Crippen MR) is 45.1 cm³/mol. The quantitative estimate of drug-likeness (QED) is 0.650. The van der Waals surface area contributed by atoms with Crippen molar-refractivity contribution in [1.82, 2.24) is 5.32 Å². The minimum Gasteiger partial charge on any atom is -0.386 e. The molecule has 56 valence electrons. The molecule has 1 aliphatic carbocycles. The monoisotopic (exact) mass is 177 g/mol. The van der Waals surface area contributed by atoms with Crippen LogP contribution in [0.3, 0.4) is 0 Å². The highest BCUT2D eigenvalue weighted by molar-refractivity contribution is 6.35. The van der Waals surface area contributed by atoms with Gasteiger partial charge in [-0.05, 0) is 12.8 Å². The number of hydrogen-bond acceptors (Lipinski definition) is 1. The van der Waals surface area contributed by atoms with E-state index in [1.165, 1.54) is 0 Å². The molecule has 1 nitrogen and oxygen atoms in total. The molecule has 0 saturated heterocycles. The molecule has 0 spiro atoms. The van der Waals surface area contributed by atoms with Gasteiger partial charge in [0.05, 0.1) is 10.7 Å². The molecular weight excluding hydrogens is 169 g/mol. The fourth-order valence-electron chi connectivity index (χ4n) is 0.937. The van der Waals surface area contributed by atoms with Crippen molar-refractivity contribution in [3.63, 3.8) is 0 Å². The lowest BCUT2D eigenvalue weighted by molar-refractivity contribution is 0.917. The highest BCUT2D eigenvalue weighted by atomic mass is 35.5. The number of rotatable bonds is 1. The minimum atomic E-state index is 0.735. The van der Waals surface area contributed by atoms with E-state index in [2.05, 4.69) is 5.32 Å². The van der Waals surface area contributed by atoms with E-state index in [-0.39, 0.29) is 0 Å². The van der Waals surface area contributed by atoms with Crippen molar-refractivity contribution in [3.8, 4) is 0 Å². The van der Waals surface area contributed by atoms with Crippen LogP contribution in [0.5, 0.6) is 0 Å². The van der Waals surface area contributed by atoms with E-state index in [4.69, 9.17) is 23.2 Å². The first-order valence-electron chi connectivity index (χ1n) is 3.18. The predicted octanol–water partition coefficient (Wildman–Crippen LogP) is 2.57. The van der Waals surface area contributed by atoms with Gasteiger partial charge >= 0.3 is 0 Å². The summed E-state index contributed by atoms with van der Waals surface area (Å²) in [5, 5.41) is 4.51. The van der Waals surface area contributed by atoms with Gasteiger partial charge in [-0.25, -0.2) is 0 Å². The maximum absolute atomic E-state index is 5.87. The molecule has 0 aromatic carbocycles. The molecule has 0 amide bonds. The van der Waals surface area contributed by atoms with E-state index in [1.807, 2.05) is 13.1 Å². The molecule has 0 aliphatic heterocycles. The van der Waals surface area contributed by atoms with Gasteiger partial charge in [0.2, 0.25) is 0 Å². The molecular formula is C7H9Cl2N. The van der Waals surface area contributed by atoms with Crippen molar-refractivity contribution in [2.45, 2.75) is 12.8 Å². The van der Waals surface area contributed by atoms with Gasteiger partial charge in [-0.15, -0.1) is 0 Å². The van der Waals surface area contributed by atoms with Gasteiger partial charge in [-0.2, -0.15) is 0 Å². The molecule has 10 heavy (non-hydrogen) atoms. The molecule has 0 heterocycles. The summed E-state index contributed by atoms with van der Waals surface area (Å²) >= 11 is 11.7. The Morgan fingerprint density at radius 1 is 1.50 bits per heavy atom. The maximum atomic E-state index is 5.87. The molecule has 0 aromatic rings. The Morgan fingerprint density at radius 3 is 2.60 bits per heavy atom. The summed E-state index contributed by atoms with van der Waals surface area (Å²) in [6.07, 6.45) is 3.82. The van der Waals surface area contributed by atoms with Crippen LogP contribution in [0.2, 0.25) is 0 Å². The number of likely N-dealkylation sites (N-methyl/N-ethyl adjacent to an activating group) is 1. The Bertz CT molecular complexity index is 194. The van der Waals surface area contributed by atoms with Crippen LogP contribution in [0.1, 0.15) is 12.8 Å². The molecule has 0 aromatic heterocycles. The second-order valence-corrected chi connectivity index (χ2v) is 2.98. The zero-order chi connectivity index (χ0) is 7.56. The van der Waals surface area contributed by atoms with Crippen molar-refractivity contribution in [1.29, 1.82) is 0 Å². The Balaban J connectivity index is 2.87. The van der Waals surface area contributed by atoms with E-state index < -0.39 is 0 Å². The lowest BCUT2D eigenvalue weighted by Crippen LogP contribution is -2.10. The average molecular weight is 178 g/mol. The van der Waals surface area contributed by atoms with Crippen LogP contribution < -0.4 is 5.32 Å². The van der Waals surface area contributed by atoms with Crippen LogP contribution in [-0.4, -0.2) is 7.05 Å². The summed E-state index contributed by atoms with van der Waals surface area (Å²) in [6.45, 7) is 0. The second-order valence-electron chi connectivity index (χ2n) is 2.12. The SMILES string of the molecule is CNC1=C(Cl)CCC=C1Cl. The van der Waals surface area contributed by atoms with E-state index in [0.717, 1.165) is 28.6 Å². The van der Waals surface area contributed by atoms with E-state index in [0.29, 0.717) is 0 Å². The van der Waals surface area contributed by atoms with E-state index >= 15 is 0 Å². The smallest absolute Gasteiger partial charge is 0.0671 e. The summed E-state index contributed by atoms with van der Waals surface area (Å²) in [5.41, 5.74) is 0.870. The number of hydrogen-bond donors (Lipinski definition) is 1. The van der Waals surface area contributed by atoms with Gasteiger partial charge in [0, 0.05) is 12.1 Å². The number of allylic oxidation sites excluding steroid dienone is 3. The van der Waals surface area contributed by atoms with Gasteiger partial charge in [-0.1, -0.05) is 29.3 Å². The summed E-state index contributed by atoms with van der Waals surface area (Å²) < 4.78 is 0. The Labute approximate surface area is 70.7 Å². The fraction of sp³-hybridized carbons (Fsp3) is 0.429. The Kier molecular flexibility index (Phi) is 2.64. The summed E-state index contributed by atoms with van der Waals surface area (Å²) in [6, 6.07) is 0. The van der Waals surface area contributed by atoms with Gasteiger partial charge in [0.1, 0.15) is 0 Å². The minimum absolute atomic E-state index is 0.735. The van der Waals surface area contributed by atoms with Crippen molar-refractivity contribution in [2.24, 2.45) is 0 Å². The lowest BCUT2D eigenvalue weighted by Gasteiger charge is -2.12. The number of nitrogens with one attached hydrogen (secondary N) is 1. The van der Waals surface area contributed by atoms with Crippen LogP contribution in [0.15, 0.2) is 21.8 Å². The standard InChI is InChI=1S/C7H9Cl2N/c1-10-7-5(8)3-2-4-6(7)9/h3,10H,2,4H2,1H3. The van der Waals surface area contributed by atoms with Gasteiger partial charge in [0.25, 0.3) is 0 Å². The summed E-state index contributed by atoms with van der Waals surface area (Å²) in [7, 11) is 1.82. The highest BCUT2D eigenvalue weighted by Crippen LogP contribution is 2.27. The Hall–Kier alpha value is -0.140. The van der Waals surface area contributed by atoms with Crippen molar-refractivity contribution >= 4 is 23.2 Å². The van der Waals surface area contributed by atoms with Gasteiger partial charge < -0.3 is 5.32 Å². The average Bonchev–Trinajstić information content (AvgIpc) is 1.88. The lowest BCUT2D eigenvalue weighted by atomic mass is 10.1. The van der Waals surface area contributed by atoms with Crippen LogP contribution in [0.25, 0.3) is 0 Å². The first-order valence-corrected chi connectivity index (χ1v) is 3.93. The topological polar surface area (TPSA) is 12.0 Å². The van der Waals surface area contributed by atoms with Gasteiger partial charge in [0.15, 0.2) is 0 Å². The zero-order valence-corrected chi connectivity index (χ0v) is 7.26. The van der Waals surface area contributed by atoms with Crippen LogP contribution in [0.4, 0.5) is 0 Å². The molecule has 3 heteroatoms. The molecule has 0 bridgehead atoms. The summed E-state index contributed by atoms with van der Waals surface area (Å²) in [5.74, 6) is 0. The normalized spacial score (nSPS) is 18.9. The number of halogens is 2. The molecule has 0 atom stereocenters. The van der Waals surface area contributed by atoms with Crippen LogP contribution in [0, 0.1) is 0 Å². The first kappa shape index (κ1) is 7.96. The molecule has 0 radical (unpaired) electrons. The second kappa shape index (κ2) is 3.31. The highest BCUT2D eigenvalue weighted by Gasteiger charge is 2.10. The summed E-state index contributed by atoms with van der Waals surface area (Å²) in [4.78, 5) is 0. The van der Waals surface area contributed by atoms with Crippen molar-refractivity contribution < 1.29 is 0 Å². The molecule has 0 saturated carbocycles. The Morgan fingerprint density at radius 2 is 2.20 bits per heavy atom.